The third-order valence-electron chi connectivity index (χ3n) is 4.31. The molecule has 1 fully saturated rings. The zero-order valence-corrected chi connectivity index (χ0v) is 14.0. The van der Waals surface area contributed by atoms with Crippen LogP contribution in [0.3, 0.4) is 0 Å². The molecule has 0 radical (unpaired) electrons. The molecule has 122 valence electrons. The normalized spacial score (nSPS) is 21.5. The summed E-state index contributed by atoms with van der Waals surface area (Å²) in [6.45, 7) is 8.96. The number of ether oxygens (including phenoxy) is 1. The molecule has 0 saturated carbocycles. The van der Waals surface area contributed by atoms with E-state index in [-0.39, 0.29) is 23.8 Å². The SMILES string of the molecule is Cc1ccc(C)c([C@@H]2CN(C(=O)c3cc(C)no3)[C@@H](C)CO2)c1. The van der Waals surface area contributed by atoms with Crippen LogP contribution in [0.4, 0.5) is 0 Å². The van der Waals surface area contributed by atoms with Crippen LogP contribution in [0.1, 0.15) is 46.0 Å². The second-order valence-electron chi connectivity index (χ2n) is 6.32. The number of hydrogen-bond donors (Lipinski definition) is 0. The van der Waals surface area contributed by atoms with Crippen LogP contribution in [0.25, 0.3) is 0 Å². The van der Waals surface area contributed by atoms with Crippen molar-refractivity contribution in [2.24, 2.45) is 0 Å². The lowest BCUT2D eigenvalue weighted by Gasteiger charge is -2.38. The van der Waals surface area contributed by atoms with Gasteiger partial charge in [0.2, 0.25) is 5.76 Å². The van der Waals surface area contributed by atoms with E-state index in [1.165, 1.54) is 11.1 Å². The summed E-state index contributed by atoms with van der Waals surface area (Å²) in [4.78, 5) is 14.5. The lowest BCUT2D eigenvalue weighted by molar-refractivity contribution is -0.0499. The van der Waals surface area contributed by atoms with Crippen LogP contribution in [0.15, 0.2) is 28.8 Å². The molecule has 3 rings (SSSR count). The van der Waals surface area contributed by atoms with Gasteiger partial charge in [0.1, 0.15) is 6.10 Å². The Morgan fingerprint density at radius 2 is 2.04 bits per heavy atom. The lowest BCUT2D eigenvalue weighted by atomic mass is 9.98. The molecule has 1 aliphatic heterocycles. The Morgan fingerprint density at radius 3 is 2.74 bits per heavy atom. The van der Waals surface area contributed by atoms with Gasteiger partial charge in [-0.05, 0) is 38.8 Å². The molecule has 5 nitrogen and oxygen atoms in total. The summed E-state index contributed by atoms with van der Waals surface area (Å²) in [5, 5.41) is 3.81. The molecule has 1 aromatic heterocycles. The van der Waals surface area contributed by atoms with Crippen molar-refractivity contribution in [3.63, 3.8) is 0 Å². The summed E-state index contributed by atoms with van der Waals surface area (Å²) >= 11 is 0. The number of benzene rings is 1. The molecule has 1 aromatic carbocycles. The lowest BCUT2D eigenvalue weighted by Crippen LogP contribution is -2.48. The van der Waals surface area contributed by atoms with Crippen LogP contribution in [-0.2, 0) is 4.74 Å². The van der Waals surface area contributed by atoms with Crippen molar-refractivity contribution < 1.29 is 14.1 Å². The molecule has 0 bridgehead atoms. The Labute approximate surface area is 136 Å². The minimum atomic E-state index is -0.128. The monoisotopic (exact) mass is 314 g/mol. The highest BCUT2D eigenvalue weighted by Gasteiger charge is 2.33. The Kier molecular flexibility index (Phi) is 4.22. The predicted octanol–water partition coefficient (Wildman–Crippen LogP) is 3.20. The van der Waals surface area contributed by atoms with Gasteiger partial charge in [0.15, 0.2) is 0 Å². The summed E-state index contributed by atoms with van der Waals surface area (Å²) < 4.78 is 11.1. The fraction of sp³-hybridized carbons (Fsp3) is 0.444. The molecule has 1 saturated heterocycles. The van der Waals surface area contributed by atoms with Crippen LogP contribution < -0.4 is 0 Å². The Hall–Kier alpha value is -2.14. The standard InChI is InChI=1S/C18H22N2O3/c1-11-5-6-12(2)15(7-11)17-9-20(14(4)10-22-17)18(21)16-8-13(3)19-23-16/h5-8,14,17H,9-10H2,1-4H3/t14-,17-/m0/s1. The van der Waals surface area contributed by atoms with Gasteiger partial charge in [-0.2, -0.15) is 0 Å². The van der Waals surface area contributed by atoms with Crippen LogP contribution in [0.5, 0.6) is 0 Å². The van der Waals surface area contributed by atoms with Gasteiger partial charge in [0.05, 0.1) is 24.9 Å². The number of rotatable bonds is 2. The van der Waals surface area contributed by atoms with Gasteiger partial charge < -0.3 is 14.2 Å². The number of aryl methyl sites for hydroxylation is 3. The molecular formula is C18H22N2O3. The van der Waals surface area contributed by atoms with Gasteiger partial charge in [-0.1, -0.05) is 28.9 Å². The fourth-order valence-electron chi connectivity index (χ4n) is 2.94. The number of amides is 1. The average Bonchev–Trinajstić information content (AvgIpc) is 2.96. The molecule has 0 unspecified atom stereocenters. The summed E-state index contributed by atoms with van der Waals surface area (Å²) in [6.07, 6.45) is -0.112. The molecule has 1 amide bonds. The highest BCUT2D eigenvalue weighted by atomic mass is 16.5. The number of morpholine rings is 1. The third-order valence-corrected chi connectivity index (χ3v) is 4.31. The van der Waals surface area contributed by atoms with Gasteiger partial charge in [0.25, 0.3) is 5.91 Å². The Bertz CT molecular complexity index is 723. The van der Waals surface area contributed by atoms with Crippen molar-refractivity contribution in [1.29, 1.82) is 0 Å². The topological polar surface area (TPSA) is 55.6 Å². The molecule has 5 heteroatoms. The van der Waals surface area contributed by atoms with E-state index in [0.29, 0.717) is 18.8 Å². The van der Waals surface area contributed by atoms with E-state index in [1.54, 1.807) is 6.07 Å². The molecule has 23 heavy (non-hydrogen) atoms. The zero-order valence-electron chi connectivity index (χ0n) is 14.0. The van der Waals surface area contributed by atoms with Crippen molar-refractivity contribution in [2.75, 3.05) is 13.2 Å². The average molecular weight is 314 g/mol. The second kappa shape index (κ2) is 6.16. The van der Waals surface area contributed by atoms with Crippen LogP contribution in [0, 0.1) is 20.8 Å². The Morgan fingerprint density at radius 1 is 1.26 bits per heavy atom. The number of aromatic nitrogens is 1. The molecule has 2 atom stereocenters. The van der Waals surface area contributed by atoms with Gasteiger partial charge in [0, 0.05) is 6.07 Å². The number of hydrogen-bond acceptors (Lipinski definition) is 4. The Balaban J connectivity index is 1.84. The van der Waals surface area contributed by atoms with Crippen LogP contribution >= 0.6 is 0 Å². The maximum Gasteiger partial charge on any atom is 0.292 e. The molecule has 2 aromatic rings. The highest BCUT2D eigenvalue weighted by Crippen LogP contribution is 2.29. The first kappa shape index (κ1) is 15.7. The largest absolute Gasteiger partial charge is 0.370 e. The summed E-state index contributed by atoms with van der Waals surface area (Å²) in [6, 6.07) is 8.01. The predicted molar refractivity (Wildman–Crippen MR) is 86.3 cm³/mol. The smallest absolute Gasteiger partial charge is 0.292 e. The third kappa shape index (κ3) is 3.15. The van der Waals surface area contributed by atoms with Gasteiger partial charge in [-0.25, -0.2) is 0 Å². The first-order chi connectivity index (χ1) is 11.0. The van der Waals surface area contributed by atoms with E-state index in [1.807, 2.05) is 18.7 Å². The molecule has 0 N–H and O–H groups in total. The zero-order chi connectivity index (χ0) is 16.6. The summed E-state index contributed by atoms with van der Waals surface area (Å²) in [7, 11) is 0. The van der Waals surface area contributed by atoms with E-state index in [2.05, 4.69) is 37.2 Å². The van der Waals surface area contributed by atoms with Crippen LogP contribution in [0.2, 0.25) is 0 Å². The number of nitrogens with zero attached hydrogens (tertiary/aromatic N) is 2. The summed E-state index contributed by atoms with van der Waals surface area (Å²) in [5.41, 5.74) is 4.22. The minimum Gasteiger partial charge on any atom is -0.370 e. The minimum absolute atomic E-state index is 0.00858. The van der Waals surface area contributed by atoms with E-state index in [0.717, 1.165) is 5.56 Å². The number of carbonyl (C=O) groups is 1. The maximum absolute atomic E-state index is 12.7. The maximum atomic E-state index is 12.7. The number of carbonyl (C=O) groups excluding carboxylic acids is 1. The van der Waals surface area contributed by atoms with Gasteiger partial charge >= 0.3 is 0 Å². The fourth-order valence-corrected chi connectivity index (χ4v) is 2.94. The van der Waals surface area contributed by atoms with Crippen LogP contribution in [-0.4, -0.2) is 35.2 Å². The van der Waals surface area contributed by atoms with E-state index in [4.69, 9.17) is 9.26 Å². The highest BCUT2D eigenvalue weighted by molar-refractivity contribution is 5.91. The van der Waals surface area contributed by atoms with Gasteiger partial charge in [-0.3, -0.25) is 4.79 Å². The van der Waals surface area contributed by atoms with Crippen molar-refractivity contribution in [2.45, 2.75) is 39.8 Å². The second-order valence-corrected chi connectivity index (χ2v) is 6.32. The molecular weight excluding hydrogens is 292 g/mol. The van der Waals surface area contributed by atoms with Gasteiger partial charge in [-0.15, -0.1) is 0 Å². The van der Waals surface area contributed by atoms with Crippen molar-refractivity contribution >= 4 is 5.91 Å². The molecule has 0 spiro atoms. The molecule has 0 aliphatic carbocycles. The quantitative estimate of drug-likeness (QED) is 0.854. The first-order valence-electron chi connectivity index (χ1n) is 7.88. The van der Waals surface area contributed by atoms with Crippen molar-refractivity contribution in [3.05, 3.63) is 52.4 Å². The van der Waals surface area contributed by atoms with E-state index in [9.17, 15) is 4.79 Å². The molecule has 1 aliphatic rings. The molecule has 2 heterocycles. The van der Waals surface area contributed by atoms with Crippen molar-refractivity contribution in [3.8, 4) is 0 Å². The van der Waals surface area contributed by atoms with Crippen molar-refractivity contribution in [1.82, 2.24) is 10.1 Å². The first-order valence-corrected chi connectivity index (χ1v) is 7.88. The van der Waals surface area contributed by atoms with E-state index < -0.39 is 0 Å². The van der Waals surface area contributed by atoms with E-state index >= 15 is 0 Å². The summed E-state index contributed by atoms with van der Waals surface area (Å²) in [5.74, 6) is 0.160.